The van der Waals surface area contributed by atoms with Gasteiger partial charge in [-0.05, 0) is 38.5 Å². The largest absolute Gasteiger partial charge is 0.444 e. The minimum Gasteiger partial charge on any atom is -0.444 e. The zero-order valence-corrected chi connectivity index (χ0v) is 15.1. The summed E-state index contributed by atoms with van der Waals surface area (Å²) < 4.78 is 30.0. The minimum atomic E-state index is -2.39. The van der Waals surface area contributed by atoms with Crippen LogP contribution in [0.1, 0.15) is 26.3 Å². The Balaban J connectivity index is 1.79. The fourth-order valence-corrected chi connectivity index (χ4v) is 2.95. The predicted molar refractivity (Wildman–Crippen MR) is 91.4 cm³/mol. The van der Waals surface area contributed by atoms with Crippen LogP contribution in [0.15, 0.2) is 29.2 Å². The fourth-order valence-electron chi connectivity index (χ4n) is 2.45. The van der Waals surface area contributed by atoms with E-state index in [1.807, 2.05) is 32.9 Å². The molecule has 0 unspecified atom stereocenters. The van der Waals surface area contributed by atoms with Crippen molar-refractivity contribution >= 4 is 17.9 Å². The van der Waals surface area contributed by atoms with Crippen molar-refractivity contribution in [2.75, 3.05) is 26.2 Å². The summed E-state index contributed by atoms with van der Waals surface area (Å²) in [5, 5.41) is 0. The quantitative estimate of drug-likeness (QED) is 0.760. The molecule has 0 saturated carbocycles. The highest BCUT2D eigenvalue weighted by molar-refractivity contribution is 7.99. The molecule has 2 rings (SSSR count). The van der Waals surface area contributed by atoms with Crippen LogP contribution in [-0.2, 0) is 11.3 Å². The number of carbonyl (C=O) groups excluding carboxylic acids is 1. The van der Waals surface area contributed by atoms with E-state index in [2.05, 4.69) is 4.90 Å². The van der Waals surface area contributed by atoms with Crippen molar-refractivity contribution in [3.8, 4) is 0 Å². The third-order valence-corrected chi connectivity index (χ3v) is 4.30. The zero-order chi connectivity index (χ0) is 17.7. The molecule has 0 aromatic heterocycles. The highest BCUT2D eigenvalue weighted by atomic mass is 32.2. The Hall–Kier alpha value is -1.34. The SMILES string of the molecule is CC(C)(C)OC(=O)N1CCN(Cc2ccc(SC(F)F)cc2)CC1. The van der Waals surface area contributed by atoms with Gasteiger partial charge in [-0.2, -0.15) is 8.78 Å². The lowest BCUT2D eigenvalue weighted by Gasteiger charge is -2.35. The fraction of sp³-hybridized carbons (Fsp3) is 0.588. The number of carbonyl (C=O) groups is 1. The highest BCUT2D eigenvalue weighted by Crippen LogP contribution is 2.25. The normalized spacial score (nSPS) is 16.5. The van der Waals surface area contributed by atoms with E-state index in [0.29, 0.717) is 29.7 Å². The van der Waals surface area contributed by atoms with Gasteiger partial charge in [-0.1, -0.05) is 23.9 Å². The van der Waals surface area contributed by atoms with Gasteiger partial charge in [0.2, 0.25) is 0 Å². The molecule has 1 aliphatic rings. The lowest BCUT2D eigenvalue weighted by atomic mass is 10.2. The van der Waals surface area contributed by atoms with Gasteiger partial charge < -0.3 is 9.64 Å². The van der Waals surface area contributed by atoms with E-state index in [1.54, 1.807) is 17.0 Å². The number of benzene rings is 1. The van der Waals surface area contributed by atoms with Gasteiger partial charge in [0.05, 0.1) is 0 Å². The summed E-state index contributed by atoms with van der Waals surface area (Å²) in [4.78, 5) is 16.6. The Morgan fingerprint density at radius 3 is 2.25 bits per heavy atom. The summed E-state index contributed by atoms with van der Waals surface area (Å²) in [6.45, 7) is 9.13. The summed E-state index contributed by atoms with van der Waals surface area (Å²) in [5.41, 5.74) is 0.603. The number of hydrogen-bond donors (Lipinski definition) is 0. The van der Waals surface area contributed by atoms with E-state index in [9.17, 15) is 13.6 Å². The number of nitrogens with zero attached hydrogens (tertiary/aromatic N) is 2. The van der Waals surface area contributed by atoms with Crippen LogP contribution in [0.5, 0.6) is 0 Å². The third kappa shape index (κ3) is 6.28. The van der Waals surface area contributed by atoms with Crippen LogP contribution < -0.4 is 0 Å². The first-order valence-corrected chi connectivity index (χ1v) is 8.85. The molecule has 0 N–H and O–H groups in total. The lowest BCUT2D eigenvalue weighted by molar-refractivity contribution is 0.0139. The van der Waals surface area contributed by atoms with Gasteiger partial charge >= 0.3 is 6.09 Å². The number of piperazine rings is 1. The molecule has 0 radical (unpaired) electrons. The van der Waals surface area contributed by atoms with Crippen LogP contribution in [0.25, 0.3) is 0 Å². The summed E-state index contributed by atoms with van der Waals surface area (Å²) in [5.74, 6) is -2.39. The number of halogens is 2. The number of amides is 1. The van der Waals surface area contributed by atoms with Crippen LogP contribution in [-0.4, -0.2) is 53.4 Å². The third-order valence-electron chi connectivity index (χ3n) is 3.58. The lowest BCUT2D eigenvalue weighted by Crippen LogP contribution is -2.49. The molecule has 0 atom stereocenters. The van der Waals surface area contributed by atoms with E-state index >= 15 is 0 Å². The highest BCUT2D eigenvalue weighted by Gasteiger charge is 2.25. The maximum atomic E-state index is 12.3. The molecule has 1 aliphatic heterocycles. The molecule has 1 amide bonds. The molecule has 0 spiro atoms. The van der Waals surface area contributed by atoms with E-state index < -0.39 is 11.4 Å². The minimum absolute atomic E-state index is 0.268. The molecule has 1 aromatic carbocycles. The smallest absolute Gasteiger partial charge is 0.410 e. The molecule has 4 nitrogen and oxygen atoms in total. The topological polar surface area (TPSA) is 32.8 Å². The van der Waals surface area contributed by atoms with Crippen molar-refractivity contribution < 1.29 is 18.3 Å². The van der Waals surface area contributed by atoms with E-state index in [-0.39, 0.29) is 6.09 Å². The van der Waals surface area contributed by atoms with Gasteiger partial charge in [0.15, 0.2) is 0 Å². The van der Waals surface area contributed by atoms with E-state index in [4.69, 9.17) is 4.74 Å². The van der Waals surface area contributed by atoms with Crippen molar-refractivity contribution in [3.05, 3.63) is 29.8 Å². The van der Waals surface area contributed by atoms with Gasteiger partial charge in [0, 0.05) is 37.6 Å². The van der Waals surface area contributed by atoms with Gasteiger partial charge in [0.1, 0.15) is 5.60 Å². The first kappa shape index (κ1) is 19.0. The summed E-state index contributed by atoms with van der Waals surface area (Å²) in [6, 6.07) is 7.21. The monoisotopic (exact) mass is 358 g/mol. The number of thioether (sulfide) groups is 1. The second kappa shape index (κ2) is 8.16. The average Bonchev–Trinajstić information content (AvgIpc) is 2.48. The first-order valence-electron chi connectivity index (χ1n) is 7.97. The van der Waals surface area contributed by atoms with E-state index in [1.165, 1.54) is 0 Å². The van der Waals surface area contributed by atoms with Gasteiger partial charge in [-0.25, -0.2) is 4.79 Å². The van der Waals surface area contributed by atoms with Crippen LogP contribution in [0.4, 0.5) is 13.6 Å². The maximum absolute atomic E-state index is 12.3. The molecule has 134 valence electrons. The van der Waals surface area contributed by atoms with Crippen molar-refractivity contribution in [2.24, 2.45) is 0 Å². The molecular formula is C17H24F2N2O2S. The summed E-state index contributed by atoms with van der Waals surface area (Å²) >= 11 is 0.556. The molecular weight excluding hydrogens is 334 g/mol. The van der Waals surface area contributed by atoms with Gasteiger partial charge in [0.25, 0.3) is 5.76 Å². The maximum Gasteiger partial charge on any atom is 0.410 e. The summed E-state index contributed by atoms with van der Waals surface area (Å²) in [6.07, 6.45) is -0.268. The van der Waals surface area contributed by atoms with Crippen LogP contribution in [0.3, 0.4) is 0 Å². The van der Waals surface area contributed by atoms with Gasteiger partial charge in [-0.15, -0.1) is 0 Å². The Morgan fingerprint density at radius 1 is 1.17 bits per heavy atom. The zero-order valence-electron chi connectivity index (χ0n) is 14.3. The second-order valence-electron chi connectivity index (χ2n) is 6.77. The van der Waals surface area contributed by atoms with E-state index in [0.717, 1.165) is 25.2 Å². The molecule has 1 saturated heterocycles. The van der Waals surface area contributed by atoms with Crippen LogP contribution in [0.2, 0.25) is 0 Å². The molecule has 1 aromatic rings. The Bertz CT molecular complexity index is 539. The summed E-state index contributed by atoms with van der Waals surface area (Å²) in [7, 11) is 0. The number of ether oxygens (including phenoxy) is 1. The Labute approximate surface area is 146 Å². The molecule has 0 aliphatic carbocycles. The molecule has 0 bridgehead atoms. The standard InChI is InChI=1S/C17H24F2N2O2S/c1-17(2,3)23-16(22)21-10-8-20(9-11-21)12-13-4-6-14(7-5-13)24-15(18)19/h4-7,15H,8-12H2,1-3H3. The second-order valence-corrected chi connectivity index (χ2v) is 7.83. The van der Waals surface area contributed by atoms with Crippen molar-refractivity contribution in [1.29, 1.82) is 0 Å². The Kier molecular flexibility index (Phi) is 6.46. The first-order chi connectivity index (χ1) is 11.2. The van der Waals surface area contributed by atoms with Crippen molar-refractivity contribution in [1.82, 2.24) is 9.80 Å². The van der Waals surface area contributed by atoms with Crippen molar-refractivity contribution in [2.45, 2.75) is 43.6 Å². The molecule has 1 heterocycles. The average molecular weight is 358 g/mol. The van der Waals surface area contributed by atoms with Crippen LogP contribution in [0, 0.1) is 0 Å². The van der Waals surface area contributed by atoms with Crippen molar-refractivity contribution in [3.63, 3.8) is 0 Å². The molecule has 7 heteroatoms. The number of hydrogen-bond acceptors (Lipinski definition) is 4. The predicted octanol–water partition coefficient (Wildman–Crippen LogP) is 4.05. The van der Waals surface area contributed by atoms with Crippen LogP contribution >= 0.6 is 11.8 Å². The number of alkyl halides is 2. The Morgan fingerprint density at radius 2 is 1.75 bits per heavy atom. The van der Waals surface area contributed by atoms with Gasteiger partial charge in [-0.3, -0.25) is 4.90 Å². The number of rotatable bonds is 4. The molecule has 1 fully saturated rings. The molecule has 24 heavy (non-hydrogen) atoms.